The van der Waals surface area contributed by atoms with Crippen LogP contribution in [0.4, 0.5) is 0 Å². The van der Waals surface area contributed by atoms with Gasteiger partial charge >= 0.3 is 5.97 Å². The van der Waals surface area contributed by atoms with E-state index in [1.165, 1.54) is 4.90 Å². The number of rotatable bonds is 7. The summed E-state index contributed by atoms with van der Waals surface area (Å²) in [5.41, 5.74) is 1.54. The monoisotopic (exact) mass is 509 g/mol. The summed E-state index contributed by atoms with van der Waals surface area (Å²) in [6, 6.07) is 20.9. The highest BCUT2D eigenvalue weighted by Crippen LogP contribution is 2.41. The van der Waals surface area contributed by atoms with Crippen molar-refractivity contribution in [3.8, 4) is 0 Å². The molecule has 3 aromatic carbocycles. The SMILES string of the molecule is O=C(O)CC(CN1C(=O)C(=O)/C(=C(\O)c2ccc(Cl)cc2)C1c1ccc(Cl)cc1)c1ccccc1. The normalized spacial score (nSPS) is 18.0. The number of carboxylic acid groups (broad SMARTS) is 1. The first-order valence-electron chi connectivity index (χ1n) is 10.8. The summed E-state index contributed by atoms with van der Waals surface area (Å²) in [6.45, 7) is -0.0361. The van der Waals surface area contributed by atoms with E-state index in [1.807, 2.05) is 6.07 Å². The fourth-order valence-electron chi connectivity index (χ4n) is 4.28. The van der Waals surface area contributed by atoms with Crippen molar-refractivity contribution in [3.05, 3.63) is 111 Å². The highest BCUT2D eigenvalue weighted by molar-refractivity contribution is 6.46. The second-order valence-electron chi connectivity index (χ2n) is 8.22. The predicted molar refractivity (Wildman–Crippen MR) is 133 cm³/mol. The van der Waals surface area contributed by atoms with Crippen molar-refractivity contribution in [3.63, 3.8) is 0 Å². The zero-order chi connectivity index (χ0) is 25.1. The van der Waals surface area contributed by atoms with Crippen LogP contribution in [0.5, 0.6) is 0 Å². The molecule has 35 heavy (non-hydrogen) atoms. The Balaban J connectivity index is 1.83. The van der Waals surface area contributed by atoms with Gasteiger partial charge in [0.05, 0.1) is 18.0 Å². The molecule has 0 radical (unpaired) electrons. The summed E-state index contributed by atoms with van der Waals surface area (Å²) in [5, 5.41) is 21.6. The largest absolute Gasteiger partial charge is 0.507 e. The Kier molecular flexibility index (Phi) is 7.24. The van der Waals surface area contributed by atoms with Gasteiger partial charge < -0.3 is 15.1 Å². The summed E-state index contributed by atoms with van der Waals surface area (Å²) in [7, 11) is 0. The second-order valence-corrected chi connectivity index (χ2v) is 9.09. The van der Waals surface area contributed by atoms with E-state index in [0.717, 1.165) is 5.56 Å². The van der Waals surface area contributed by atoms with Gasteiger partial charge in [0.1, 0.15) is 5.76 Å². The molecule has 1 aliphatic heterocycles. The number of Topliss-reactive ketones (excluding diaryl/α,β-unsaturated/α-hetero) is 1. The number of amides is 1. The van der Waals surface area contributed by atoms with Gasteiger partial charge in [-0.1, -0.05) is 65.7 Å². The number of aliphatic hydroxyl groups excluding tert-OH is 1. The van der Waals surface area contributed by atoms with Gasteiger partial charge in [0.15, 0.2) is 0 Å². The van der Waals surface area contributed by atoms with Crippen LogP contribution >= 0.6 is 23.2 Å². The van der Waals surface area contributed by atoms with Crippen LogP contribution in [0.3, 0.4) is 0 Å². The Morgan fingerprint density at radius 2 is 1.43 bits per heavy atom. The Morgan fingerprint density at radius 1 is 0.857 bits per heavy atom. The number of nitrogens with zero attached hydrogens (tertiary/aromatic N) is 1. The van der Waals surface area contributed by atoms with E-state index >= 15 is 0 Å². The van der Waals surface area contributed by atoms with Gasteiger partial charge in [0.25, 0.3) is 11.7 Å². The van der Waals surface area contributed by atoms with Crippen molar-refractivity contribution in [2.45, 2.75) is 18.4 Å². The maximum absolute atomic E-state index is 13.2. The lowest BCUT2D eigenvalue weighted by Gasteiger charge is -2.29. The molecule has 8 heteroatoms. The Bertz CT molecular complexity index is 1290. The van der Waals surface area contributed by atoms with E-state index in [-0.39, 0.29) is 24.3 Å². The first-order valence-corrected chi connectivity index (χ1v) is 11.6. The number of carbonyl (C=O) groups is 3. The molecule has 1 saturated heterocycles. The molecule has 2 atom stereocenters. The summed E-state index contributed by atoms with van der Waals surface area (Å²) < 4.78 is 0. The maximum atomic E-state index is 13.2. The van der Waals surface area contributed by atoms with Crippen molar-refractivity contribution in [2.75, 3.05) is 6.54 Å². The zero-order valence-corrected chi connectivity index (χ0v) is 19.9. The number of ketones is 1. The smallest absolute Gasteiger partial charge is 0.304 e. The van der Waals surface area contributed by atoms with Crippen LogP contribution < -0.4 is 0 Å². The highest BCUT2D eigenvalue weighted by atomic mass is 35.5. The fraction of sp³-hybridized carbons (Fsp3) is 0.148. The van der Waals surface area contributed by atoms with Gasteiger partial charge in [0.2, 0.25) is 0 Å². The van der Waals surface area contributed by atoms with Gasteiger partial charge in [-0.05, 0) is 47.5 Å². The molecule has 2 N–H and O–H groups in total. The first-order chi connectivity index (χ1) is 16.8. The van der Waals surface area contributed by atoms with E-state index in [4.69, 9.17) is 23.2 Å². The van der Waals surface area contributed by atoms with Crippen LogP contribution in [-0.2, 0) is 14.4 Å². The van der Waals surface area contributed by atoms with Gasteiger partial charge in [-0.25, -0.2) is 0 Å². The number of hydrogen-bond acceptors (Lipinski definition) is 4. The van der Waals surface area contributed by atoms with Gasteiger partial charge in [-0.3, -0.25) is 14.4 Å². The van der Waals surface area contributed by atoms with E-state index in [9.17, 15) is 24.6 Å². The molecule has 0 spiro atoms. The number of aliphatic hydroxyl groups is 1. The molecule has 2 unspecified atom stereocenters. The van der Waals surface area contributed by atoms with Crippen molar-refractivity contribution in [1.82, 2.24) is 4.90 Å². The topological polar surface area (TPSA) is 94.9 Å². The van der Waals surface area contributed by atoms with Gasteiger partial charge in [-0.2, -0.15) is 0 Å². The van der Waals surface area contributed by atoms with Crippen LogP contribution in [0, 0.1) is 0 Å². The summed E-state index contributed by atoms with van der Waals surface area (Å²) in [5.74, 6) is -3.60. The minimum absolute atomic E-state index is 0.0361. The Hall–Kier alpha value is -3.61. The minimum Gasteiger partial charge on any atom is -0.507 e. The zero-order valence-electron chi connectivity index (χ0n) is 18.4. The van der Waals surface area contributed by atoms with Crippen molar-refractivity contribution in [1.29, 1.82) is 0 Å². The molecular weight excluding hydrogens is 489 g/mol. The molecule has 0 aromatic heterocycles. The lowest BCUT2D eigenvalue weighted by atomic mass is 9.92. The number of carboxylic acids is 1. The molecule has 1 aliphatic rings. The molecule has 0 bridgehead atoms. The maximum Gasteiger partial charge on any atom is 0.304 e. The van der Waals surface area contributed by atoms with Crippen molar-refractivity contribution in [2.24, 2.45) is 0 Å². The van der Waals surface area contributed by atoms with Crippen LogP contribution in [0.1, 0.15) is 35.1 Å². The summed E-state index contributed by atoms with van der Waals surface area (Å²) in [4.78, 5) is 39.4. The van der Waals surface area contributed by atoms with Crippen molar-refractivity contribution < 1.29 is 24.6 Å². The van der Waals surface area contributed by atoms with E-state index in [0.29, 0.717) is 21.2 Å². The molecule has 178 valence electrons. The van der Waals surface area contributed by atoms with E-state index < -0.39 is 29.6 Å². The first kappa shape index (κ1) is 24.5. The average molecular weight is 510 g/mol. The minimum atomic E-state index is -1.03. The van der Waals surface area contributed by atoms with Crippen LogP contribution in [-0.4, -0.2) is 39.3 Å². The third kappa shape index (κ3) is 5.24. The molecule has 4 rings (SSSR count). The van der Waals surface area contributed by atoms with Gasteiger partial charge in [-0.15, -0.1) is 0 Å². The molecule has 0 aliphatic carbocycles. The highest BCUT2D eigenvalue weighted by Gasteiger charge is 2.46. The third-order valence-electron chi connectivity index (χ3n) is 5.95. The third-order valence-corrected chi connectivity index (χ3v) is 6.46. The Labute approximate surface area is 212 Å². The molecule has 0 saturated carbocycles. The van der Waals surface area contributed by atoms with Crippen LogP contribution in [0.2, 0.25) is 10.0 Å². The van der Waals surface area contributed by atoms with Gasteiger partial charge in [0, 0.05) is 28.1 Å². The number of benzene rings is 3. The number of carbonyl (C=O) groups excluding carboxylic acids is 2. The summed E-state index contributed by atoms with van der Waals surface area (Å²) in [6.07, 6.45) is -0.239. The number of halogens is 2. The second kappa shape index (κ2) is 10.3. The van der Waals surface area contributed by atoms with E-state index in [1.54, 1.807) is 72.8 Å². The quantitative estimate of drug-likeness (QED) is 0.243. The summed E-state index contributed by atoms with van der Waals surface area (Å²) >= 11 is 12.0. The fourth-order valence-corrected chi connectivity index (χ4v) is 4.54. The molecule has 1 amide bonds. The molecular formula is C27H21Cl2NO5. The number of likely N-dealkylation sites (tertiary alicyclic amines) is 1. The molecule has 3 aromatic rings. The lowest BCUT2D eigenvalue weighted by molar-refractivity contribution is -0.141. The standard InChI is InChI=1S/C27H21Cl2NO5/c28-20-10-6-17(7-11-20)24-23(25(33)18-8-12-21(29)13-9-18)26(34)27(35)30(24)15-19(14-22(31)32)16-4-2-1-3-5-16/h1-13,19,24,33H,14-15H2,(H,31,32)/b25-23-. The average Bonchev–Trinajstić information content (AvgIpc) is 3.09. The lowest BCUT2D eigenvalue weighted by Crippen LogP contribution is -2.34. The van der Waals surface area contributed by atoms with Crippen LogP contribution in [0.25, 0.3) is 5.76 Å². The molecule has 1 heterocycles. The molecule has 1 fully saturated rings. The molecule has 6 nitrogen and oxygen atoms in total. The van der Waals surface area contributed by atoms with E-state index in [2.05, 4.69) is 0 Å². The van der Waals surface area contributed by atoms with Crippen LogP contribution in [0.15, 0.2) is 84.4 Å². The Morgan fingerprint density at radius 3 is 2.00 bits per heavy atom. The number of hydrogen-bond donors (Lipinski definition) is 2. The number of aliphatic carboxylic acids is 1. The van der Waals surface area contributed by atoms with Crippen molar-refractivity contribution >= 4 is 46.6 Å². The predicted octanol–water partition coefficient (Wildman–Crippen LogP) is 5.67.